The first-order chi connectivity index (χ1) is 54.2. The number of hydrogen-bond acceptors (Lipinski definition) is 30. The summed E-state index contributed by atoms with van der Waals surface area (Å²) in [4.78, 5) is 142. The SMILES string of the molecule is CC1(C)C2CC3C(=O)OC1C3C2.CC1(C)C2CC3C(=O)OC1C3O2.CC1(C)C2OC3C(C(=O)OC31)C2C#N.CC1C2CC3C1OC(=O)C3C2C#N.CC1C2CC3C1OC(=O)C3C2C(=O)OC1C2CC3C(=O)OC1C3C2.CC1C2CC3C1OC(=O)C3C2C(=O)OC1C2CC3C(=O)OC1C3O2.COC(=O)C1C2OC3C(OC(=O)C31)C2C. The van der Waals surface area contributed by atoms with Gasteiger partial charge in [0.15, 0.2) is 12.2 Å². The number of methoxy groups -OCH3 is 1. The second kappa shape index (κ2) is 25.0. The van der Waals surface area contributed by atoms with Crippen molar-refractivity contribution in [1.29, 1.82) is 10.5 Å². The van der Waals surface area contributed by atoms with Crippen LogP contribution < -0.4 is 0 Å². The van der Waals surface area contributed by atoms with Gasteiger partial charge in [-0.25, -0.2) is 0 Å². The van der Waals surface area contributed by atoms with Gasteiger partial charge >= 0.3 is 71.6 Å². The molecule has 27 aliphatic rings. The van der Waals surface area contributed by atoms with Gasteiger partial charge in [0.1, 0.15) is 91.2 Å². The van der Waals surface area contributed by atoms with E-state index in [0.29, 0.717) is 30.1 Å². The van der Waals surface area contributed by atoms with Gasteiger partial charge in [-0.1, -0.05) is 69.2 Å². The summed E-state index contributed by atoms with van der Waals surface area (Å²) >= 11 is 0. The molecule has 0 radical (unpaired) electrons. The van der Waals surface area contributed by atoms with Crippen molar-refractivity contribution in [3.63, 3.8) is 0 Å². The van der Waals surface area contributed by atoms with Crippen molar-refractivity contribution >= 4 is 71.6 Å². The highest BCUT2D eigenvalue weighted by Crippen LogP contribution is 2.67. The number of hydrogen-bond donors (Lipinski definition) is 0. The highest BCUT2D eigenvalue weighted by Gasteiger charge is 2.76. The minimum absolute atomic E-state index is 0.00409. The molecular weight excluding hydrogens is 1480 g/mol. The fraction of sp³-hybridized carbons (Fsp3) is 0.833. The van der Waals surface area contributed by atoms with Crippen molar-refractivity contribution < 1.29 is 133 Å². The van der Waals surface area contributed by atoms with E-state index in [9.17, 15) is 57.5 Å². The average Bonchev–Trinajstić information content (AvgIpc) is 1.54. The van der Waals surface area contributed by atoms with Gasteiger partial charge in [0, 0.05) is 57.7 Å². The third-order valence-corrected chi connectivity index (χ3v) is 34.9. The van der Waals surface area contributed by atoms with Gasteiger partial charge in [0.25, 0.3) is 0 Å². The minimum Gasteiger partial charge on any atom is -0.469 e. The first kappa shape index (κ1) is 74.0. The molecule has 10 saturated carbocycles. The van der Waals surface area contributed by atoms with Crippen LogP contribution in [0.15, 0.2) is 0 Å². The molecule has 10 aliphatic carbocycles. The van der Waals surface area contributed by atoms with Gasteiger partial charge in [-0.05, 0) is 99.2 Å². The summed E-state index contributed by atoms with van der Waals surface area (Å²) in [7, 11) is 1.33. The van der Waals surface area contributed by atoms with E-state index in [0.717, 1.165) is 50.9 Å². The van der Waals surface area contributed by atoms with Crippen molar-refractivity contribution in [2.24, 2.45) is 182 Å². The summed E-state index contributed by atoms with van der Waals surface area (Å²) in [6, 6.07) is 4.47. The molecule has 27 fully saturated rings. The lowest BCUT2D eigenvalue weighted by Crippen LogP contribution is -2.44. The first-order valence-electron chi connectivity index (χ1n) is 42.0. The van der Waals surface area contributed by atoms with E-state index in [4.69, 9.17) is 86.3 Å². The standard InChI is InChI=1S/C18H20O6.C17H18O7.C10H11NO3.C10H11NO2.C10H12O5.C10H14O2.C9H12O3/c1-5-7-4-10-12(18(21)22-13(5)10)11(7)17(20)23-14-6-2-8-9(3-6)16(19)24-15(8)14;1-4-5-2-6-10(17(20)22-11(4)6)9(5)16(19)23-13-8-3-7-12(21-8)14(13)24-15(7)18;1-10(2)7-4(3-11)5-6(13-7)8(10)14-9(5)12;1-4-5-2-6-8(7(5)3-11)10(12)13-9(4)6;1-3-6-4(9(11)13-2)5-8(14-6)7(3)15-10(5)12;1-10(2)5-3-6-7(4-5)9(11)12-8(6)10;1-9(2)5-3-4-6(11-5)7(9)12-8(4)10/h5-15H,2-4H2,1H3;4-14H,2-3H2,1H3;4-8H,1-2H3;4-9H,2H2,1H3;3-8H,1-2H3;5-8H,3-4H2,1-2H3;4-7H,3H2,1-2H3. The zero-order chi connectivity index (χ0) is 79.7. The molecule has 47 unspecified atom stereocenters. The van der Waals surface area contributed by atoms with Crippen LogP contribution in [-0.4, -0.2) is 195 Å². The summed E-state index contributed by atoms with van der Waals surface area (Å²) in [6.07, 6.45) is 5.68. The molecule has 27 rings (SSSR count). The Kier molecular flexibility index (Phi) is 16.2. The van der Waals surface area contributed by atoms with E-state index in [1.165, 1.54) is 13.5 Å². The monoisotopic (exact) mass is 1580 g/mol. The second-order valence-corrected chi connectivity index (χ2v) is 40.4. The molecule has 0 aromatic rings. The van der Waals surface area contributed by atoms with Gasteiger partial charge < -0.3 is 75.8 Å². The molecule has 0 aromatic heterocycles. The number of carbonyl (C=O) groups excluding carboxylic acids is 12. The van der Waals surface area contributed by atoms with E-state index < -0.39 is 30.0 Å². The van der Waals surface area contributed by atoms with Crippen LogP contribution in [0.25, 0.3) is 0 Å². The Morgan fingerprint density at radius 3 is 1.46 bits per heavy atom. The number of nitrogens with zero attached hydrogens (tertiary/aromatic N) is 2. The van der Waals surface area contributed by atoms with Crippen molar-refractivity contribution in [1.82, 2.24) is 0 Å². The molecule has 0 amide bonds. The molecule has 30 heteroatoms. The van der Waals surface area contributed by atoms with Gasteiger partial charge in [0.2, 0.25) is 0 Å². The van der Waals surface area contributed by atoms with Crippen LogP contribution in [0, 0.1) is 205 Å². The van der Waals surface area contributed by atoms with Crippen molar-refractivity contribution in [3.05, 3.63) is 0 Å². The lowest BCUT2D eigenvalue weighted by atomic mass is 9.67. The molecule has 47 atom stereocenters. The molecule has 18 bridgehead atoms. The lowest BCUT2D eigenvalue weighted by molar-refractivity contribution is -0.170. The Labute approximate surface area is 656 Å². The van der Waals surface area contributed by atoms with Crippen LogP contribution in [-0.2, 0) is 133 Å². The highest BCUT2D eigenvalue weighted by molar-refractivity contribution is 5.89. The fourth-order valence-corrected chi connectivity index (χ4v) is 29.2. The van der Waals surface area contributed by atoms with Crippen molar-refractivity contribution in [3.8, 4) is 12.1 Å². The summed E-state index contributed by atoms with van der Waals surface area (Å²) in [5.41, 5.74) is 0.0778. The number of rotatable bonds is 5. The van der Waals surface area contributed by atoms with Gasteiger partial charge in [0.05, 0.1) is 115 Å². The maximum Gasteiger partial charge on any atom is 0.313 e. The normalized spacial score (nSPS) is 55.2. The number of fused-ring (bicyclic) bond motifs is 9. The zero-order valence-corrected chi connectivity index (χ0v) is 65.3. The number of esters is 12. The largest absolute Gasteiger partial charge is 0.469 e. The average molecular weight is 1580 g/mol. The van der Waals surface area contributed by atoms with E-state index in [1.54, 1.807) is 0 Å². The first-order valence-corrected chi connectivity index (χ1v) is 42.0. The van der Waals surface area contributed by atoms with Gasteiger partial charge in [-0.2, -0.15) is 10.5 Å². The maximum atomic E-state index is 12.9. The third-order valence-electron chi connectivity index (χ3n) is 34.9. The fourth-order valence-electron chi connectivity index (χ4n) is 29.2. The summed E-state index contributed by atoms with van der Waals surface area (Å²) in [5.74, 6) is -1.43. The molecule has 0 aromatic carbocycles. The topological polar surface area (TPSA) is 400 Å². The third kappa shape index (κ3) is 9.76. The van der Waals surface area contributed by atoms with E-state index in [1.807, 2.05) is 20.8 Å². The van der Waals surface area contributed by atoms with Crippen LogP contribution in [0.5, 0.6) is 0 Å². The molecule has 0 N–H and O–H groups in total. The number of carbonyl (C=O) groups is 12. The molecule has 30 nitrogen and oxygen atoms in total. The number of ether oxygens (including phenoxy) is 16. The van der Waals surface area contributed by atoms with E-state index >= 15 is 0 Å². The van der Waals surface area contributed by atoms with Crippen LogP contribution in [0.2, 0.25) is 0 Å². The quantitative estimate of drug-likeness (QED) is 0.271. The predicted octanol–water partition coefficient (Wildman–Crippen LogP) is 4.46. The Bertz CT molecular complexity index is 4180. The van der Waals surface area contributed by atoms with E-state index in [-0.39, 0.29) is 310 Å². The molecule has 612 valence electrons. The van der Waals surface area contributed by atoms with Crippen molar-refractivity contribution in [2.75, 3.05) is 7.11 Å². The summed E-state index contributed by atoms with van der Waals surface area (Å²) in [5, 5.41) is 18.0. The van der Waals surface area contributed by atoms with Crippen LogP contribution in [0.4, 0.5) is 0 Å². The molecule has 17 aliphatic heterocycles. The minimum atomic E-state index is -0.534. The Balaban J connectivity index is 0.0000000852. The smallest absolute Gasteiger partial charge is 0.313 e. The highest BCUT2D eigenvalue weighted by atomic mass is 16.7. The zero-order valence-electron chi connectivity index (χ0n) is 65.3. The van der Waals surface area contributed by atoms with Crippen LogP contribution >= 0.6 is 0 Å². The Morgan fingerprint density at radius 2 is 0.851 bits per heavy atom. The molecule has 17 saturated heterocycles. The summed E-state index contributed by atoms with van der Waals surface area (Å²) < 4.78 is 87.4. The maximum absolute atomic E-state index is 12.9. The van der Waals surface area contributed by atoms with Crippen LogP contribution in [0.1, 0.15) is 127 Å². The van der Waals surface area contributed by atoms with Crippen LogP contribution in [0.3, 0.4) is 0 Å². The van der Waals surface area contributed by atoms with Crippen molar-refractivity contribution in [2.45, 2.75) is 243 Å². The number of nitriles is 2. The molecular formula is C84H98N2O28. The van der Waals surface area contributed by atoms with Gasteiger partial charge in [-0.15, -0.1) is 0 Å². The lowest BCUT2D eigenvalue weighted by Gasteiger charge is -2.32. The second-order valence-electron chi connectivity index (χ2n) is 40.4. The Morgan fingerprint density at radius 1 is 0.342 bits per heavy atom. The van der Waals surface area contributed by atoms with Gasteiger partial charge in [-0.3, -0.25) is 57.5 Å². The molecule has 0 spiro atoms. The van der Waals surface area contributed by atoms with E-state index in [2.05, 4.69) is 60.6 Å². The predicted molar refractivity (Wildman–Crippen MR) is 370 cm³/mol. The summed E-state index contributed by atoms with van der Waals surface area (Å²) in [6.45, 7) is 20.9. The molecule has 17 heterocycles. The molecule has 114 heavy (non-hydrogen) atoms. The Hall–Kier alpha value is -7.54.